The first-order valence-corrected chi connectivity index (χ1v) is 7.58. The second kappa shape index (κ2) is 6.30. The maximum Gasteiger partial charge on any atom is 0.313 e. The van der Waals surface area contributed by atoms with Gasteiger partial charge in [0, 0.05) is 5.69 Å². The summed E-state index contributed by atoms with van der Waals surface area (Å²) in [6.07, 6.45) is 1.68. The number of carboxylic acids is 1. The van der Waals surface area contributed by atoms with Crippen molar-refractivity contribution < 1.29 is 14.3 Å². The van der Waals surface area contributed by atoms with E-state index in [9.17, 15) is 9.18 Å². The molecule has 0 bridgehead atoms. The number of hydrogen-bond donors (Lipinski definition) is 1. The fourth-order valence-corrected chi connectivity index (χ4v) is 2.82. The zero-order valence-electron chi connectivity index (χ0n) is 12.1. The van der Waals surface area contributed by atoms with E-state index >= 15 is 0 Å². The number of imidazole rings is 1. The van der Waals surface area contributed by atoms with E-state index in [-0.39, 0.29) is 17.5 Å². The van der Waals surface area contributed by atoms with E-state index in [2.05, 4.69) is 4.98 Å². The minimum Gasteiger partial charge on any atom is -0.481 e. The lowest BCUT2D eigenvalue weighted by atomic mass is 10.1. The van der Waals surface area contributed by atoms with Crippen LogP contribution in [0.4, 0.5) is 4.39 Å². The molecule has 1 aromatic heterocycles. The number of benzene rings is 1. The molecule has 0 saturated carbocycles. The molecule has 0 unspecified atom stereocenters. The predicted octanol–water partition coefficient (Wildman–Crippen LogP) is 3.62. The molecule has 0 atom stereocenters. The number of aryl methyl sites for hydroxylation is 1. The first-order chi connectivity index (χ1) is 9.91. The van der Waals surface area contributed by atoms with Crippen LogP contribution in [0.25, 0.3) is 5.69 Å². The fourth-order valence-electron chi connectivity index (χ4n) is 2.11. The molecule has 0 radical (unpaired) electrons. The van der Waals surface area contributed by atoms with Gasteiger partial charge in [0.2, 0.25) is 0 Å². The van der Waals surface area contributed by atoms with Crippen molar-refractivity contribution >= 4 is 17.7 Å². The van der Waals surface area contributed by atoms with Gasteiger partial charge in [-0.3, -0.25) is 9.36 Å². The van der Waals surface area contributed by atoms with Crippen molar-refractivity contribution in [3.05, 3.63) is 41.5 Å². The smallest absolute Gasteiger partial charge is 0.313 e. The molecule has 4 nitrogen and oxygen atoms in total. The Morgan fingerprint density at radius 2 is 2.19 bits per heavy atom. The summed E-state index contributed by atoms with van der Waals surface area (Å²) in [7, 11) is 0. The minimum absolute atomic E-state index is 0.109. The fraction of sp³-hybridized carbons (Fsp3) is 0.333. The van der Waals surface area contributed by atoms with E-state index in [0.29, 0.717) is 10.8 Å². The Morgan fingerprint density at radius 1 is 1.48 bits per heavy atom. The predicted molar refractivity (Wildman–Crippen MR) is 80.7 cm³/mol. The number of nitrogens with zero attached hydrogens (tertiary/aromatic N) is 2. The molecule has 0 fully saturated rings. The van der Waals surface area contributed by atoms with Crippen LogP contribution >= 0.6 is 11.8 Å². The monoisotopic (exact) mass is 308 g/mol. The van der Waals surface area contributed by atoms with Gasteiger partial charge in [-0.1, -0.05) is 37.7 Å². The van der Waals surface area contributed by atoms with E-state index in [1.165, 1.54) is 6.07 Å². The summed E-state index contributed by atoms with van der Waals surface area (Å²) in [5.41, 5.74) is 2.08. The summed E-state index contributed by atoms with van der Waals surface area (Å²) in [6, 6.07) is 4.89. The van der Waals surface area contributed by atoms with E-state index in [4.69, 9.17) is 5.11 Å². The van der Waals surface area contributed by atoms with E-state index < -0.39 is 5.97 Å². The number of aliphatic carboxylic acids is 1. The molecule has 1 N–H and O–H groups in total. The molecule has 2 rings (SSSR count). The van der Waals surface area contributed by atoms with Crippen LogP contribution in [0.5, 0.6) is 0 Å². The van der Waals surface area contributed by atoms with Crippen molar-refractivity contribution in [1.29, 1.82) is 0 Å². The Labute approximate surface area is 127 Å². The average Bonchev–Trinajstić information content (AvgIpc) is 2.80. The van der Waals surface area contributed by atoms with Gasteiger partial charge in [0.15, 0.2) is 5.16 Å². The first kappa shape index (κ1) is 15.6. The lowest BCUT2D eigenvalue weighted by Crippen LogP contribution is -2.08. The normalized spacial score (nSPS) is 11.1. The molecule has 0 amide bonds. The molecule has 0 saturated heterocycles. The zero-order chi connectivity index (χ0) is 15.6. The van der Waals surface area contributed by atoms with Gasteiger partial charge in [-0.15, -0.1) is 0 Å². The lowest BCUT2D eigenvalue weighted by Gasteiger charge is -2.16. The van der Waals surface area contributed by atoms with Gasteiger partial charge >= 0.3 is 5.97 Å². The molecule has 2 aromatic rings. The number of rotatable bonds is 5. The number of para-hydroxylation sites is 1. The first-order valence-electron chi connectivity index (χ1n) is 6.59. The molecule has 6 heteroatoms. The summed E-state index contributed by atoms with van der Waals surface area (Å²) in [5, 5.41) is 9.32. The quantitative estimate of drug-likeness (QED) is 0.857. The van der Waals surface area contributed by atoms with Gasteiger partial charge in [-0.25, -0.2) is 9.37 Å². The van der Waals surface area contributed by atoms with Crippen LogP contribution in [0, 0.1) is 12.7 Å². The Bertz CT molecular complexity index is 647. The van der Waals surface area contributed by atoms with E-state index in [1.807, 2.05) is 26.8 Å². The Morgan fingerprint density at radius 3 is 2.76 bits per heavy atom. The Kier molecular flexibility index (Phi) is 4.67. The summed E-state index contributed by atoms with van der Waals surface area (Å²) in [6.45, 7) is 5.82. The third kappa shape index (κ3) is 3.26. The standard InChI is InChI=1S/C15H17FN2O2S/c1-9(2)12-7-17-15(21-8-13(19)20)18(12)14-10(3)5-4-6-11(14)16/h4-7,9H,8H2,1-3H3,(H,19,20). The number of thioether (sulfide) groups is 1. The molecule has 21 heavy (non-hydrogen) atoms. The van der Waals surface area contributed by atoms with Gasteiger partial charge in [-0.2, -0.15) is 0 Å². The number of aromatic nitrogens is 2. The lowest BCUT2D eigenvalue weighted by molar-refractivity contribution is -0.133. The van der Waals surface area contributed by atoms with Gasteiger partial charge in [-0.05, 0) is 24.5 Å². The van der Waals surface area contributed by atoms with Crippen molar-refractivity contribution in [3.63, 3.8) is 0 Å². The molecule has 1 heterocycles. The average molecular weight is 308 g/mol. The van der Waals surface area contributed by atoms with Crippen molar-refractivity contribution in [2.24, 2.45) is 0 Å². The molecule has 0 aliphatic carbocycles. The van der Waals surface area contributed by atoms with Crippen LogP contribution in [0.2, 0.25) is 0 Å². The highest BCUT2D eigenvalue weighted by molar-refractivity contribution is 7.99. The summed E-state index contributed by atoms with van der Waals surface area (Å²) in [4.78, 5) is 15.0. The Hall–Kier alpha value is -1.82. The molecule has 0 spiro atoms. The van der Waals surface area contributed by atoms with Crippen LogP contribution in [0.15, 0.2) is 29.6 Å². The third-order valence-electron chi connectivity index (χ3n) is 3.09. The number of carboxylic acid groups (broad SMARTS) is 1. The number of halogens is 1. The number of carbonyl (C=O) groups is 1. The van der Waals surface area contributed by atoms with Crippen LogP contribution in [-0.2, 0) is 4.79 Å². The minimum atomic E-state index is -0.925. The van der Waals surface area contributed by atoms with E-state index in [1.54, 1.807) is 16.8 Å². The maximum atomic E-state index is 14.3. The van der Waals surface area contributed by atoms with Crippen molar-refractivity contribution in [3.8, 4) is 5.69 Å². The highest BCUT2D eigenvalue weighted by Crippen LogP contribution is 2.30. The molecule has 0 aliphatic rings. The molecular formula is C15H17FN2O2S. The zero-order valence-corrected chi connectivity index (χ0v) is 12.9. The molecule has 0 aliphatic heterocycles. The molecular weight excluding hydrogens is 291 g/mol. The van der Waals surface area contributed by atoms with Crippen LogP contribution < -0.4 is 0 Å². The summed E-state index contributed by atoms with van der Waals surface area (Å²) < 4.78 is 16.0. The maximum absolute atomic E-state index is 14.3. The summed E-state index contributed by atoms with van der Waals surface area (Å²) in [5.74, 6) is -1.23. The van der Waals surface area contributed by atoms with Crippen molar-refractivity contribution in [2.75, 3.05) is 5.75 Å². The highest BCUT2D eigenvalue weighted by Gasteiger charge is 2.19. The number of hydrogen-bond acceptors (Lipinski definition) is 3. The third-order valence-corrected chi connectivity index (χ3v) is 4.02. The molecule has 112 valence electrons. The van der Waals surface area contributed by atoms with Gasteiger partial charge in [0.1, 0.15) is 5.82 Å². The van der Waals surface area contributed by atoms with Crippen molar-refractivity contribution in [1.82, 2.24) is 9.55 Å². The molecule has 1 aromatic carbocycles. The second-order valence-corrected chi connectivity index (χ2v) is 5.99. The summed E-state index contributed by atoms with van der Waals surface area (Å²) >= 11 is 1.09. The van der Waals surface area contributed by atoms with Gasteiger partial charge in [0.25, 0.3) is 0 Å². The van der Waals surface area contributed by atoms with Crippen LogP contribution in [0.3, 0.4) is 0 Å². The Balaban J connectivity index is 2.58. The second-order valence-electron chi connectivity index (χ2n) is 5.04. The van der Waals surface area contributed by atoms with Gasteiger partial charge < -0.3 is 5.11 Å². The largest absolute Gasteiger partial charge is 0.481 e. The highest BCUT2D eigenvalue weighted by atomic mass is 32.2. The van der Waals surface area contributed by atoms with E-state index in [0.717, 1.165) is 23.0 Å². The van der Waals surface area contributed by atoms with Crippen molar-refractivity contribution in [2.45, 2.75) is 31.8 Å². The SMILES string of the molecule is Cc1cccc(F)c1-n1c(C(C)C)cnc1SCC(=O)O. The van der Waals surface area contributed by atoms with Crippen LogP contribution in [0.1, 0.15) is 31.0 Å². The topological polar surface area (TPSA) is 55.1 Å². The van der Waals surface area contributed by atoms with Gasteiger partial charge in [0.05, 0.1) is 17.6 Å². The van der Waals surface area contributed by atoms with Crippen LogP contribution in [-0.4, -0.2) is 26.4 Å².